The molecule has 0 fully saturated rings. The summed E-state index contributed by atoms with van der Waals surface area (Å²) in [5.41, 5.74) is 9.47. The predicted molar refractivity (Wildman–Crippen MR) is 66.5 cm³/mol. The molecule has 5 unspecified atom stereocenters. The Morgan fingerprint density at radius 3 is 1.50 bits per heavy atom. The van der Waals surface area contributed by atoms with E-state index in [0.29, 0.717) is 0 Å². The molecular formula is C11H26N2O5. The number of rotatable bonds is 8. The molecular weight excluding hydrogens is 240 g/mol. The van der Waals surface area contributed by atoms with Gasteiger partial charge in [0.1, 0.15) is 0 Å². The van der Waals surface area contributed by atoms with Gasteiger partial charge in [0.25, 0.3) is 0 Å². The summed E-state index contributed by atoms with van der Waals surface area (Å²) in [6, 6.07) is 0. The zero-order valence-corrected chi connectivity index (χ0v) is 10.9. The third kappa shape index (κ3) is 3.39. The van der Waals surface area contributed by atoms with Gasteiger partial charge in [0, 0.05) is 31.6 Å². The molecule has 18 heavy (non-hydrogen) atoms. The first-order chi connectivity index (χ1) is 8.27. The van der Waals surface area contributed by atoms with Gasteiger partial charge in [-0.2, -0.15) is 0 Å². The van der Waals surface area contributed by atoms with E-state index in [0.717, 1.165) is 0 Å². The highest BCUT2D eigenvalue weighted by Gasteiger charge is 2.49. The Bertz CT molecular complexity index is 225. The molecule has 9 N–H and O–H groups in total. The Morgan fingerprint density at radius 2 is 1.28 bits per heavy atom. The SMILES string of the molecule is CC(CO)C(O)C(N)(C(O)CN)C(O)C(C)CO. The van der Waals surface area contributed by atoms with Crippen LogP contribution in [0.5, 0.6) is 0 Å². The summed E-state index contributed by atoms with van der Waals surface area (Å²) in [6.45, 7) is 2.12. The van der Waals surface area contributed by atoms with Crippen molar-refractivity contribution in [1.29, 1.82) is 0 Å². The van der Waals surface area contributed by atoms with E-state index in [2.05, 4.69) is 0 Å². The highest BCUT2D eigenvalue weighted by Crippen LogP contribution is 2.27. The maximum Gasteiger partial charge on any atom is 0.0962 e. The van der Waals surface area contributed by atoms with Crippen LogP contribution >= 0.6 is 0 Å². The summed E-state index contributed by atoms with van der Waals surface area (Å²) >= 11 is 0. The molecule has 0 saturated carbocycles. The lowest BCUT2D eigenvalue weighted by Crippen LogP contribution is -2.71. The Kier molecular flexibility index (Phi) is 7.23. The van der Waals surface area contributed by atoms with Crippen LogP contribution in [0, 0.1) is 11.8 Å². The van der Waals surface area contributed by atoms with E-state index in [1.54, 1.807) is 0 Å². The van der Waals surface area contributed by atoms with Crippen molar-refractivity contribution in [2.75, 3.05) is 19.8 Å². The number of nitrogens with two attached hydrogens (primary N) is 2. The third-order valence-electron chi connectivity index (χ3n) is 3.48. The topological polar surface area (TPSA) is 153 Å². The largest absolute Gasteiger partial charge is 0.396 e. The van der Waals surface area contributed by atoms with Crippen molar-refractivity contribution in [3.63, 3.8) is 0 Å². The number of aliphatic hydroxyl groups is 5. The molecule has 0 aliphatic rings. The summed E-state index contributed by atoms with van der Waals surface area (Å²) in [5.74, 6) is -1.28. The van der Waals surface area contributed by atoms with Gasteiger partial charge in [0.2, 0.25) is 0 Å². The Balaban J connectivity index is 5.29. The minimum atomic E-state index is -1.81. The quantitative estimate of drug-likeness (QED) is 0.247. The van der Waals surface area contributed by atoms with Crippen LogP contribution in [0.1, 0.15) is 13.8 Å². The van der Waals surface area contributed by atoms with Gasteiger partial charge in [0.05, 0.1) is 23.9 Å². The second kappa shape index (κ2) is 7.34. The maximum absolute atomic E-state index is 10.1. The standard InChI is InChI=1S/C11H26N2O5/c1-6(4-14)9(17)11(13,8(16)3-12)10(18)7(2)5-15/h6-10,14-18H,3-5,12-13H2,1-2H3. The van der Waals surface area contributed by atoms with Gasteiger partial charge in [-0.05, 0) is 0 Å². The Labute approximate surface area is 107 Å². The molecule has 0 spiro atoms. The highest BCUT2D eigenvalue weighted by molar-refractivity contribution is 5.06. The minimum Gasteiger partial charge on any atom is -0.396 e. The average molecular weight is 266 g/mol. The van der Waals surface area contributed by atoms with Crippen molar-refractivity contribution in [3.05, 3.63) is 0 Å². The lowest BCUT2D eigenvalue weighted by atomic mass is 9.73. The fourth-order valence-corrected chi connectivity index (χ4v) is 1.96. The molecule has 7 nitrogen and oxygen atoms in total. The number of hydrogen-bond donors (Lipinski definition) is 7. The van der Waals surface area contributed by atoms with Crippen LogP contribution in [0.25, 0.3) is 0 Å². The van der Waals surface area contributed by atoms with Crippen LogP contribution in [-0.2, 0) is 0 Å². The van der Waals surface area contributed by atoms with Crippen LogP contribution in [0.4, 0.5) is 0 Å². The predicted octanol–water partition coefficient (Wildman–Crippen LogP) is -3.02. The van der Waals surface area contributed by atoms with E-state index in [1.807, 2.05) is 0 Å². The first kappa shape index (κ1) is 17.7. The van der Waals surface area contributed by atoms with Crippen LogP contribution in [0.3, 0.4) is 0 Å². The van der Waals surface area contributed by atoms with Crippen molar-refractivity contribution in [2.45, 2.75) is 37.7 Å². The Hall–Kier alpha value is -0.280. The second-order valence-corrected chi connectivity index (χ2v) is 4.96. The molecule has 110 valence electrons. The van der Waals surface area contributed by atoms with Crippen molar-refractivity contribution >= 4 is 0 Å². The highest BCUT2D eigenvalue weighted by atomic mass is 16.3. The molecule has 0 aromatic carbocycles. The number of aliphatic hydroxyl groups excluding tert-OH is 5. The molecule has 0 aliphatic heterocycles. The van der Waals surface area contributed by atoms with Crippen LogP contribution in [0.15, 0.2) is 0 Å². The van der Waals surface area contributed by atoms with Crippen molar-refractivity contribution in [1.82, 2.24) is 0 Å². The molecule has 0 radical (unpaired) electrons. The summed E-state index contributed by atoms with van der Waals surface area (Å²) in [7, 11) is 0. The maximum atomic E-state index is 10.1. The van der Waals surface area contributed by atoms with Crippen molar-refractivity contribution < 1.29 is 25.5 Å². The lowest BCUT2D eigenvalue weighted by Gasteiger charge is -2.45. The fraction of sp³-hybridized carbons (Fsp3) is 1.00. The van der Waals surface area contributed by atoms with Crippen molar-refractivity contribution in [3.8, 4) is 0 Å². The van der Waals surface area contributed by atoms with E-state index in [4.69, 9.17) is 21.7 Å². The fourth-order valence-electron chi connectivity index (χ4n) is 1.96. The molecule has 0 aromatic heterocycles. The molecule has 0 aliphatic carbocycles. The van der Waals surface area contributed by atoms with Gasteiger partial charge in [-0.1, -0.05) is 13.8 Å². The summed E-state index contributed by atoms with van der Waals surface area (Å²) in [6.07, 6.45) is -4.07. The van der Waals surface area contributed by atoms with Gasteiger partial charge in [-0.15, -0.1) is 0 Å². The Morgan fingerprint density at radius 1 is 0.944 bits per heavy atom. The summed E-state index contributed by atoms with van der Waals surface area (Å²) < 4.78 is 0. The van der Waals surface area contributed by atoms with Gasteiger partial charge in [0.15, 0.2) is 0 Å². The first-order valence-electron chi connectivity index (χ1n) is 6.02. The minimum absolute atomic E-state index is 0.249. The van der Waals surface area contributed by atoms with Crippen LogP contribution < -0.4 is 11.5 Å². The molecule has 0 heterocycles. The third-order valence-corrected chi connectivity index (χ3v) is 3.48. The normalized spacial score (nSPS) is 23.8. The molecule has 0 bridgehead atoms. The van der Waals surface area contributed by atoms with E-state index >= 15 is 0 Å². The average Bonchev–Trinajstić information content (AvgIpc) is 2.41. The molecule has 0 rings (SSSR count). The second-order valence-electron chi connectivity index (χ2n) is 4.96. The summed E-state index contributed by atoms with van der Waals surface area (Å²) in [5, 5.41) is 48.2. The van der Waals surface area contributed by atoms with Gasteiger partial charge in [-0.25, -0.2) is 0 Å². The van der Waals surface area contributed by atoms with E-state index < -0.39 is 35.7 Å². The van der Waals surface area contributed by atoms with Gasteiger partial charge < -0.3 is 37.0 Å². The first-order valence-corrected chi connectivity index (χ1v) is 6.02. The van der Waals surface area contributed by atoms with E-state index in [-0.39, 0.29) is 19.8 Å². The van der Waals surface area contributed by atoms with E-state index in [9.17, 15) is 15.3 Å². The molecule has 0 aromatic rings. The monoisotopic (exact) mass is 266 g/mol. The smallest absolute Gasteiger partial charge is 0.0962 e. The molecule has 0 saturated heterocycles. The zero-order chi connectivity index (χ0) is 14.5. The van der Waals surface area contributed by atoms with E-state index in [1.165, 1.54) is 13.8 Å². The lowest BCUT2D eigenvalue weighted by molar-refractivity contribution is -0.118. The molecule has 7 heteroatoms. The van der Waals surface area contributed by atoms with Crippen LogP contribution in [-0.4, -0.2) is 69.1 Å². The zero-order valence-electron chi connectivity index (χ0n) is 10.9. The van der Waals surface area contributed by atoms with Crippen molar-refractivity contribution in [2.24, 2.45) is 23.3 Å². The number of hydrogen-bond acceptors (Lipinski definition) is 7. The summed E-state index contributed by atoms with van der Waals surface area (Å²) in [4.78, 5) is 0. The van der Waals surface area contributed by atoms with Gasteiger partial charge >= 0.3 is 0 Å². The molecule has 0 amide bonds. The molecule has 5 atom stereocenters. The van der Waals surface area contributed by atoms with Gasteiger partial charge in [-0.3, -0.25) is 0 Å². The van der Waals surface area contributed by atoms with Crippen LogP contribution in [0.2, 0.25) is 0 Å².